The van der Waals surface area contributed by atoms with Gasteiger partial charge in [0.25, 0.3) is 5.65 Å². The Hall–Kier alpha value is -3.40. The van der Waals surface area contributed by atoms with Gasteiger partial charge in [-0.05, 0) is 30.3 Å². The Morgan fingerprint density at radius 3 is 2.65 bits per heavy atom. The van der Waals surface area contributed by atoms with E-state index in [1.165, 1.54) is 44.7 Å². The van der Waals surface area contributed by atoms with Gasteiger partial charge < -0.3 is 0 Å². The van der Waals surface area contributed by atoms with Crippen LogP contribution in [0.15, 0.2) is 73.1 Å². The summed E-state index contributed by atoms with van der Waals surface area (Å²) < 4.78 is 7.14. The summed E-state index contributed by atoms with van der Waals surface area (Å²) >= 11 is 0. The molecule has 0 atom stereocenters. The average molecular weight is 337 g/mol. The molecule has 0 spiro atoms. The van der Waals surface area contributed by atoms with Crippen molar-refractivity contribution in [1.82, 2.24) is 14.1 Å². The van der Waals surface area contributed by atoms with E-state index in [4.69, 9.17) is 0 Å². The first-order valence-corrected chi connectivity index (χ1v) is 8.85. The second-order valence-electron chi connectivity index (χ2n) is 6.86. The first-order valence-electron chi connectivity index (χ1n) is 8.85. The molecule has 1 aliphatic rings. The van der Waals surface area contributed by atoms with E-state index in [2.05, 4.69) is 86.4 Å². The summed E-state index contributed by atoms with van der Waals surface area (Å²) in [7, 11) is 2.17. The van der Waals surface area contributed by atoms with Crippen molar-refractivity contribution < 1.29 is 4.57 Å². The fourth-order valence-corrected chi connectivity index (χ4v) is 4.43. The van der Waals surface area contributed by atoms with E-state index < -0.39 is 0 Å². The second-order valence-corrected chi connectivity index (χ2v) is 6.86. The van der Waals surface area contributed by atoms with Crippen LogP contribution in [0.4, 0.5) is 0 Å². The summed E-state index contributed by atoms with van der Waals surface area (Å²) in [5.74, 6) is 1.25. The van der Waals surface area contributed by atoms with E-state index in [0.29, 0.717) is 0 Å². The van der Waals surface area contributed by atoms with Gasteiger partial charge in [0, 0.05) is 18.0 Å². The third-order valence-corrected chi connectivity index (χ3v) is 5.48. The maximum Gasteiger partial charge on any atom is 0.274 e. The molecule has 1 aliphatic heterocycles. The van der Waals surface area contributed by atoms with E-state index in [0.717, 1.165) is 6.54 Å². The molecule has 5 aromatic rings. The minimum absolute atomic E-state index is 0.860. The van der Waals surface area contributed by atoms with Crippen molar-refractivity contribution in [2.24, 2.45) is 7.05 Å². The van der Waals surface area contributed by atoms with E-state index in [1.807, 2.05) is 12.4 Å². The van der Waals surface area contributed by atoms with Crippen molar-refractivity contribution in [3.63, 3.8) is 0 Å². The fraction of sp³-hybridized carbons (Fsp3) is 0.0909. The molecule has 0 bridgehead atoms. The summed E-state index contributed by atoms with van der Waals surface area (Å²) in [6.07, 6.45) is 3.87. The summed E-state index contributed by atoms with van der Waals surface area (Å²) in [4.78, 5) is 4.32. The van der Waals surface area contributed by atoms with Gasteiger partial charge in [0.15, 0.2) is 5.52 Å². The number of para-hydroxylation sites is 2. The highest BCUT2D eigenvalue weighted by Crippen LogP contribution is 2.36. The number of aryl methyl sites for hydroxylation is 1. The van der Waals surface area contributed by atoms with Gasteiger partial charge in [-0.15, -0.1) is 0 Å². The van der Waals surface area contributed by atoms with Gasteiger partial charge >= 0.3 is 0 Å². The van der Waals surface area contributed by atoms with E-state index in [9.17, 15) is 0 Å². The van der Waals surface area contributed by atoms with Crippen LogP contribution in [-0.4, -0.2) is 14.1 Å². The van der Waals surface area contributed by atoms with Gasteiger partial charge in [0.1, 0.15) is 11.2 Å². The Morgan fingerprint density at radius 1 is 0.962 bits per heavy atom. The molecule has 4 nitrogen and oxygen atoms in total. The Balaban J connectivity index is 1.83. The van der Waals surface area contributed by atoms with Crippen molar-refractivity contribution in [2.45, 2.75) is 6.54 Å². The first-order chi connectivity index (χ1) is 12.8. The fourth-order valence-electron chi connectivity index (χ4n) is 4.43. The lowest BCUT2D eigenvalue weighted by atomic mass is 10.2. The summed E-state index contributed by atoms with van der Waals surface area (Å²) in [5.41, 5.74) is 7.51. The summed E-state index contributed by atoms with van der Waals surface area (Å²) in [6, 6.07) is 21.4. The average Bonchev–Trinajstić information content (AvgIpc) is 3.31. The number of pyridine rings is 1. The van der Waals surface area contributed by atoms with E-state index in [-0.39, 0.29) is 0 Å². The molecule has 4 heteroatoms. The van der Waals surface area contributed by atoms with Crippen LogP contribution in [0.5, 0.6) is 0 Å². The number of nitrogens with zero attached hydrogens (tertiary/aromatic N) is 4. The van der Waals surface area contributed by atoms with Gasteiger partial charge in [-0.1, -0.05) is 30.3 Å². The van der Waals surface area contributed by atoms with E-state index >= 15 is 0 Å². The molecule has 2 aromatic carbocycles. The van der Waals surface area contributed by atoms with Gasteiger partial charge in [0.2, 0.25) is 5.82 Å². The number of hydrogen-bond acceptors (Lipinski definition) is 1. The molecule has 0 amide bonds. The molecule has 0 radical (unpaired) electrons. The largest absolute Gasteiger partial charge is 0.274 e. The molecular formula is C22H17N4+. The van der Waals surface area contributed by atoms with Crippen molar-refractivity contribution in [1.29, 1.82) is 0 Å². The lowest BCUT2D eigenvalue weighted by molar-refractivity contribution is -0.648. The number of benzene rings is 2. The highest BCUT2D eigenvalue weighted by Gasteiger charge is 2.35. The second kappa shape index (κ2) is 4.82. The molecule has 26 heavy (non-hydrogen) atoms. The highest BCUT2D eigenvalue weighted by molar-refractivity contribution is 6.06. The van der Waals surface area contributed by atoms with Crippen LogP contribution >= 0.6 is 0 Å². The smallest absolute Gasteiger partial charge is 0.264 e. The van der Waals surface area contributed by atoms with Crippen molar-refractivity contribution in [2.75, 3.05) is 0 Å². The predicted molar refractivity (Wildman–Crippen MR) is 102 cm³/mol. The number of imidazole rings is 1. The van der Waals surface area contributed by atoms with Crippen LogP contribution in [0.1, 0.15) is 5.56 Å². The number of rotatable bonds is 1. The molecular weight excluding hydrogens is 320 g/mol. The van der Waals surface area contributed by atoms with Gasteiger partial charge in [-0.3, -0.25) is 9.55 Å². The Labute approximate surface area is 150 Å². The molecule has 0 unspecified atom stereocenters. The number of aromatic nitrogens is 4. The summed E-state index contributed by atoms with van der Waals surface area (Å²) in [6.45, 7) is 0.860. The molecule has 124 valence electrons. The van der Waals surface area contributed by atoms with E-state index in [1.54, 1.807) is 0 Å². The normalized spacial score (nSPS) is 12.7. The van der Waals surface area contributed by atoms with Crippen molar-refractivity contribution >= 4 is 22.1 Å². The lowest BCUT2D eigenvalue weighted by Gasteiger charge is -2.03. The number of fused-ring (bicyclic) bond motifs is 7. The molecule has 3 aromatic heterocycles. The standard InChI is InChI=1S/C22H17N4/c1-24-20-18-9-5-6-10-19(18)26(16-7-3-2-4-8-16)22(20)25-14-15-13-23-12-11-17(15)21(24)25/h2-13H,14H2,1H3/q+1. The van der Waals surface area contributed by atoms with Crippen molar-refractivity contribution in [3.05, 3.63) is 78.6 Å². The first kappa shape index (κ1) is 13.8. The van der Waals surface area contributed by atoms with Crippen LogP contribution in [0.3, 0.4) is 0 Å². The van der Waals surface area contributed by atoms with Crippen LogP contribution in [0.2, 0.25) is 0 Å². The minimum Gasteiger partial charge on any atom is -0.264 e. The van der Waals surface area contributed by atoms with Gasteiger partial charge in [-0.25, -0.2) is 9.13 Å². The number of hydrogen-bond donors (Lipinski definition) is 0. The van der Waals surface area contributed by atoms with Crippen LogP contribution in [0.25, 0.3) is 39.1 Å². The molecule has 0 N–H and O–H groups in total. The quantitative estimate of drug-likeness (QED) is 0.419. The zero-order valence-corrected chi connectivity index (χ0v) is 14.4. The zero-order valence-electron chi connectivity index (χ0n) is 14.4. The van der Waals surface area contributed by atoms with Crippen LogP contribution in [-0.2, 0) is 13.6 Å². The SMILES string of the molecule is Cn1c2[n+](c3c1c1ccccc1n3-c1ccccc1)Cc1cnccc1-2. The Morgan fingerprint density at radius 2 is 1.77 bits per heavy atom. The van der Waals surface area contributed by atoms with Gasteiger partial charge in [0.05, 0.1) is 24.5 Å². The molecule has 4 heterocycles. The Bertz CT molecular complexity index is 1310. The minimum atomic E-state index is 0.860. The zero-order chi connectivity index (χ0) is 17.3. The topological polar surface area (TPSA) is 26.6 Å². The monoisotopic (exact) mass is 337 g/mol. The third-order valence-electron chi connectivity index (χ3n) is 5.48. The predicted octanol–water partition coefficient (Wildman–Crippen LogP) is 3.83. The molecule has 0 fully saturated rings. The maximum absolute atomic E-state index is 4.32. The lowest BCUT2D eigenvalue weighted by Crippen LogP contribution is -2.33. The Kier molecular flexibility index (Phi) is 2.57. The van der Waals surface area contributed by atoms with Crippen LogP contribution in [0, 0.1) is 0 Å². The van der Waals surface area contributed by atoms with Crippen molar-refractivity contribution in [3.8, 4) is 17.1 Å². The molecule has 0 aliphatic carbocycles. The molecule has 0 saturated heterocycles. The van der Waals surface area contributed by atoms with Gasteiger partial charge in [-0.2, -0.15) is 0 Å². The van der Waals surface area contributed by atoms with Crippen LogP contribution < -0.4 is 4.57 Å². The summed E-state index contributed by atoms with van der Waals surface area (Å²) in [5, 5.41) is 1.28. The maximum atomic E-state index is 4.32. The molecule has 0 saturated carbocycles. The molecule has 6 rings (SSSR count). The highest BCUT2D eigenvalue weighted by atomic mass is 15.2. The third kappa shape index (κ3) is 1.59.